The first-order valence-corrected chi connectivity index (χ1v) is 9.72. The van der Waals surface area contributed by atoms with Gasteiger partial charge in [-0.3, -0.25) is 0 Å². The van der Waals surface area contributed by atoms with Gasteiger partial charge in [-0.25, -0.2) is 0 Å². The van der Waals surface area contributed by atoms with Gasteiger partial charge in [0.25, 0.3) is 0 Å². The van der Waals surface area contributed by atoms with Crippen molar-refractivity contribution in [2.45, 2.75) is 78.1 Å². The topological polar surface area (TPSA) is 0 Å². The largest absolute Gasteiger partial charge is 0.0995 e. The van der Waals surface area contributed by atoms with E-state index in [0.717, 1.165) is 25.7 Å². The molecule has 24 heavy (non-hydrogen) atoms. The van der Waals surface area contributed by atoms with Gasteiger partial charge in [0.15, 0.2) is 0 Å². The number of unbranched alkanes of at least 4 members (excludes halogenated alkanes) is 5. The van der Waals surface area contributed by atoms with Crippen molar-refractivity contribution in [1.82, 2.24) is 0 Å². The molecule has 0 fully saturated rings. The third-order valence-corrected chi connectivity index (χ3v) is 4.53. The van der Waals surface area contributed by atoms with E-state index in [-0.39, 0.29) is 0 Å². The van der Waals surface area contributed by atoms with Crippen molar-refractivity contribution in [2.24, 2.45) is 0 Å². The zero-order valence-electron chi connectivity index (χ0n) is 15.9. The van der Waals surface area contributed by atoms with Gasteiger partial charge in [-0.1, -0.05) is 87.8 Å². The summed E-state index contributed by atoms with van der Waals surface area (Å²) in [6, 6.07) is 8.71. The van der Waals surface area contributed by atoms with Gasteiger partial charge in [0.2, 0.25) is 0 Å². The van der Waals surface area contributed by atoms with Crippen molar-refractivity contribution in [1.29, 1.82) is 0 Å². The molecule has 0 radical (unpaired) electrons. The van der Waals surface area contributed by atoms with Crippen LogP contribution in [0.2, 0.25) is 0 Å². The van der Waals surface area contributed by atoms with Gasteiger partial charge in [-0.05, 0) is 62.1 Å². The van der Waals surface area contributed by atoms with Crippen molar-refractivity contribution in [3.8, 4) is 0 Å². The summed E-state index contributed by atoms with van der Waals surface area (Å²) in [5.41, 5.74) is 5.36. The van der Waals surface area contributed by atoms with E-state index in [1.165, 1.54) is 60.8 Å². The van der Waals surface area contributed by atoms with E-state index in [0.29, 0.717) is 0 Å². The molecule has 0 aliphatic heterocycles. The quantitative estimate of drug-likeness (QED) is 0.255. The summed E-state index contributed by atoms with van der Waals surface area (Å²) in [5, 5.41) is 0. The summed E-state index contributed by atoms with van der Waals surface area (Å²) in [5.74, 6) is 0. The molecule has 0 bridgehead atoms. The standard InChI is InChI=1S/C24H36/c1-5-7-8-9-10-11-12-13-17-21(3)20-23-18-14-15-19-24(23)22(4)16-6-2/h5,7,14-15,18-19H,3-4,6,8-13,16-17,20H2,1-2H3/b7-5-. The van der Waals surface area contributed by atoms with Gasteiger partial charge >= 0.3 is 0 Å². The molecule has 0 atom stereocenters. The second-order valence-electron chi connectivity index (χ2n) is 6.81. The lowest BCUT2D eigenvalue weighted by Crippen LogP contribution is -1.96. The van der Waals surface area contributed by atoms with Gasteiger partial charge in [0.1, 0.15) is 0 Å². The van der Waals surface area contributed by atoms with Crippen molar-refractivity contribution in [2.75, 3.05) is 0 Å². The molecule has 0 aliphatic carbocycles. The second-order valence-corrected chi connectivity index (χ2v) is 6.81. The van der Waals surface area contributed by atoms with E-state index < -0.39 is 0 Å². The Morgan fingerprint density at radius 1 is 0.958 bits per heavy atom. The van der Waals surface area contributed by atoms with Crippen molar-refractivity contribution >= 4 is 5.57 Å². The van der Waals surface area contributed by atoms with Crippen LogP contribution in [0, 0.1) is 0 Å². The Labute approximate surface area is 150 Å². The summed E-state index contributed by atoms with van der Waals surface area (Å²) >= 11 is 0. The molecule has 0 saturated heterocycles. The highest BCUT2D eigenvalue weighted by Gasteiger charge is 2.06. The molecular formula is C24H36. The molecule has 0 aromatic heterocycles. The van der Waals surface area contributed by atoms with Crippen LogP contribution in [0.3, 0.4) is 0 Å². The van der Waals surface area contributed by atoms with E-state index in [1.54, 1.807) is 0 Å². The smallest absolute Gasteiger partial charge is 0.00638 e. The fourth-order valence-corrected chi connectivity index (χ4v) is 3.15. The van der Waals surface area contributed by atoms with E-state index in [1.807, 2.05) is 0 Å². The summed E-state index contributed by atoms with van der Waals surface area (Å²) in [7, 11) is 0. The Bertz CT molecular complexity index is 519. The zero-order valence-corrected chi connectivity index (χ0v) is 15.9. The number of allylic oxidation sites excluding steroid dienone is 4. The van der Waals surface area contributed by atoms with Crippen LogP contribution in [0.25, 0.3) is 5.57 Å². The van der Waals surface area contributed by atoms with E-state index in [9.17, 15) is 0 Å². The predicted molar refractivity (Wildman–Crippen MR) is 110 cm³/mol. The van der Waals surface area contributed by atoms with Gasteiger partial charge in [-0.2, -0.15) is 0 Å². The van der Waals surface area contributed by atoms with Crippen LogP contribution in [0.5, 0.6) is 0 Å². The number of rotatable bonds is 13. The van der Waals surface area contributed by atoms with Gasteiger partial charge < -0.3 is 0 Å². The zero-order chi connectivity index (χ0) is 17.6. The average molecular weight is 325 g/mol. The fourth-order valence-electron chi connectivity index (χ4n) is 3.15. The molecular weight excluding hydrogens is 288 g/mol. The van der Waals surface area contributed by atoms with E-state index in [2.05, 4.69) is 63.4 Å². The highest BCUT2D eigenvalue weighted by Crippen LogP contribution is 2.25. The van der Waals surface area contributed by atoms with Crippen LogP contribution in [-0.4, -0.2) is 0 Å². The molecule has 0 spiro atoms. The molecule has 1 rings (SSSR count). The maximum Gasteiger partial charge on any atom is -0.00638 e. The number of hydrogen-bond acceptors (Lipinski definition) is 0. The highest BCUT2D eigenvalue weighted by molar-refractivity contribution is 5.66. The molecule has 132 valence electrons. The van der Waals surface area contributed by atoms with Gasteiger partial charge in [0.05, 0.1) is 0 Å². The van der Waals surface area contributed by atoms with Crippen molar-refractivity contribution in [3.63, 3.8) is 0 Å². The molecule has 0 N–H and O–H groups in total. The fraction of sp³-hybridized carbons (Fsp3) is 0.500. The minimum Gasteiger partial charge on any atom is -0.0995 e. The molecule has 0 unspecified atom stereocenters. The van der Waals surface area contributed by atoms with Crippen LogP contribution >= 0.6 is 0 Å². The Balaban J connectivity index is 2.31. The Morgan fingerprint density at radius 3 is 2.42 bits per heavy atom. The van der Waals surface area contributed by atoms with Crippen LogP contribution < -0.4 is 0 Å². The maximum absolute atomic E-state index is 4.32. The molecule has 0 heterocycles. The minimum absolute atomic E-state index is 1.00. The molecule has 0 aliphatic rings. The lowest BCUT2D eigenvalue weighted by Gasteiger charge is -2.13. The summed E-state index contributed by atoms with van der Waals surface area (Å²) in [6.45, 7) is 12.9. The molecule has 0 saturated carbocycles. The van der Waals surface area contributed by atoms with Crippen molar-refractivity contribution < 1.29 is 0 Å². The molecule has 1 aromatic carbocycles. The summed E-state index contributed by atoms with van der Waals surface area (Å²) in [6.07, 6.45) is 16.7. The third kappa shape index (κ3) is 8.34. The van der Waals surface area contributed by atoms with Crippen LogP contribution in [0.15, 0.2) is 55.1 Å². The van der Waals surface area contributed by atoms with Gasteiger partial charge in [-0.15, -0.1) is 0 Å². The van der Waals surface area contributed by atoms with Crippen LogP contribution in [-0.2, 0) is 6.42 Å². The SMILES string of the molecule is C=C(CCCCCCC/C=C\C)Cc1ccccc1C(=C)CCC. The van der Waals surface area contributed by atoms with E-state index >= 15 is 0 Å². The number of hydrogen-bond donors (Lipinski definition) is 0. The number of benzene rings is 1. The normalized spacial score (nSPS) is 11.1. The monoisotopic (exact) mass is 324 g/mol. The Morgan fingerprint density at radius 2 is 1.67 bits per heavy atom. The molecule has 0 heteroatoms. The summed E-state index contributed by atoms with van der Waals surface area (Å²) in [4.78, 5) is 0. The van der Waals surface area contributed by atoms with Gasteiger partial charge in [0, 0.05) is 0 Å². The van der Waals surface area contributed by atoms with Crippen LogP contribution in [0.4, 0.5) is 0 Å². The molecule has 0 nitrogen and oxygen atoms in total. The lowest BCUT2D eigenvalue weighted by molar-refractivity contribution is 0.614. The predicted octanol–water partition coefficient (Wildman–Crippen LogP) is 7.91. The first-order valence-electron chi connectivity index (χ1n) is 9.72. The summed E-state index contributed by atoms with van der Waals surface area (Å²) < 4.78 is 0. The highest BCUT2D eigenvalue weighted by atomic mass is 14.1. The molecule has 0 amide bonds. The van der Waals surface area contributed by atoms with E-state index in [4.69, 9.17) is 0 Å². The molecule has 1 aromatic rings. The van der Waals surface area contributed by atoms with Crippen molar-refractivity contribution in [3.05, 3.63) is 66.3 Å². The second kappa shape index (κ2) is 12.8. The third-order valence-electron chi connectivity index (χ3n) is 4.53. The maximum atomic E-state index is 4.32. The minimum atomic E-state index is 1.00. The lowest BCUT2D eigenvalue weighted by atomic mass is 9.92. The Kier molecular flexibility index (Phi) is 10.9. The Hall–Kier alpha value is -1.56. The van der Waals surface area contributed by atoms with Crippen LogP contribution in [0.1, 0.15) is 82.8 Å². The average Bonchev–Trinajstić information content (AvgIpc) is 2.58. The first-order chi connectivity index (χ1) is 11.7. The first kappa shape index (κ1) is 20.5.